The summed E-state index contributed by atoms with van der Waals surface area (Å²) in [6, 6.07) is 8.13. The first-order valence-corrected chi connectivity index (χ1v) is 5.28. The van der Waals surface area contributed by atoms with Crippen molar-refractivity contribution in [1.29, 1.82) is 0 Å². The number of carbonyl (C=O) groups is 1. The molecule has 0 radical (unpaired) electrons. The first-order valence-electron chi connectivity index (χ1n) is 5.28. The fourth-order valence-corrected chi connectivity index (χ4v) is 2.04. The highest BCUT2D eigenvalue weighted by atomic mass is 16.5. The van der Waals surface area contributed by atoms with Crippen LogP contribution in [0.4, 0.5) is 0 Å². The van der Waals surface area contributed by atoms with Gasteiger partial charge >= 0.3 is 5.97 Å². The van der Waals surface area contributed by atoms with E-state index in [2.05, 4.69) is 6.07 Å². The van der Waals surface area contributed by atoms with Gasteiger partial charge in [0.05, 0.1) is 6.54 Å². The second-order valence-electron chi connectivity index (χ2n) is 3.77. The molecule has 0 fully saturated rings. The molecular weight excluding hydrogens is 190 g/mol. The fraction of sp³-hybridized carbons (Fsp3) is 0.417. The number of rotatable bonds is 2. The zero-order chi connectivity index (χ0) is 10.7. The van der Waals surface area contributed by atoms with Crippen molar-refractivity contribution in [3.63, 3.8) is 0 Å². The van der Waals surface area contributed by atoms with Gasteiger partial charge in [-0.25, -0.2) is 0 Å². The van der Waals surface area contributed by atoms with Gasteiger partial charge in [-0.1, -0.05) is 24.3 Å². The van der Waals surface area contributed by atoms with E-state index in [0.29, 0.717) is 0 Å². The number of aryl methyl sites for hydroxylation is 1. The van der Waals surface area contributed by atoms with Crippen LogP contribution in [0.15, 0.2) is 24.3 Å². The van der Waals surface area contributed by atoms with Gasteiger partial charge in [0.2, 0.25) is 0 Å². The number of fused-ring (bicyclic) bond motifs is 1. The molecule has 0 saturated carbocycles. The Morgan fingerprint density at radius 2 is 2.27 bits per heavy atom. The van der Waals surface area contributed by atoms with E-state index in [1.807, 2.05) is 18.2 Å². The molecule has 1 aromatic carbocycles. The second kappa shape index (κ2) is 4.45. The Bertz CT molecular complexity index is 362. The number of hydrogen-bond donors (Lipinski definition) is 1. The van der Waals surface area contributed by atoms with Crippen LogP contribution in [0, 0.1) is 0 Å². The van der Waals surface area contributed by atoms with Gasteiger partial charge in [0.25, 0.3) is 0 Å². The number of carbonyl (C=O) groups excluding carboxylic acids is 1. The van der Waals surface area contributed by atoms with E-state index in [1.165, 1.54) is 5.56 Å². The minimum Gasteiger partial charge on any atom is -0.457 e. The van der Waals surface area contributed by atoms with Crippen molar-refractivity contribution in [2.75, 3.05) is 6.54 Å². The Kier molecular flexibility index (Phi) is 3.02. The number of ether oxygens (including phenoxy) is 1. The summed E-state index contributed by atoms with van der Waals surface area (Å²) >= 11 is 0. The quantitative estimate of drug-likeness (QED) is 0.745. The molecule has 3 heteroatoms. The molecular formula is C12H15NO2. The van der Waals surface area contributed by atoms with Crippen molar-refractivity contribution in [3.8, 4) is 0 Å². The highest BCUT2D eigenvalue weighted by Gasteiger charge is 2.22. The van der Waals surface area contributed by atoms with E-state index in [4.69, 9.17) is 10.5 Å². The van der Waals surface area contributed by atoms with Crippen molar-refractivity contribution in [2.45, 2.75) is 25.4 Å². The Labute approximate surface area is 89.2 Å². The number of benzene rings is 1. The molecule has 2 rings (SSSR count). The van der Waals surface area contributed by atoms with Gasteiger partial charge in [0.15, 0.2) is 0 Å². The first kappa shape index (κ1) is 10.2. The van der Waals surface area contributed by atoms with Crippen molar-refractivity contribution >= 4 is 5.97 Å². The summed E-state index contributed by atoms with van der Waals surface area (Å²) in [5.74, 6) is -0.322. The van der Waals surface area contributed by atoms with E-state index in [1.54, 1.807) is 0 Å². The molecule has 80 valence electrons. The van der Waals surface area contributed by atoms with Gasteiger partial charge < -0.3 is 10.5 Å². The molecule has 0 saturated heterocycles. The third kappa shape index (κ3) is 2.18. The summed E-state index contributed by atoms with van der Waals surface area (Å²) in [6.45, 7) is -0.0430. The maximum atomic E-state index is 11.1. The van der Waals surface area contributed by atoms with E-state index in [9.17, 15) is 4.79 Å². The summed E-state index contributed by atoms with van der Waals surface area (Å²) in [6.07, 6.45) is 2.96. The summed E-state index contributed by atoms with van der Waals surface area (Å²) in [7, 11) is 0. The van der Waals surface area contributed by atoms with Gasteiger partial charge in [-0.05, 0) is 30.4 Å². The monoisotopic (exact) mass is 205 g/mol. The predicted octanol–water partition coefficient (Wildman–Crippen LogP) is 1.57. The summed E-state index contributed by atoms with van der Waals surface area (Å²) < 4.78 is 5.30. The van der Waals surface area contributed by atoms with Crippen LogP contribution in [-0.4, -0.2) is 12.5 Å². The molecule has 0 bridgehead atoms. The summed E-state index contributed by atoms with van der Waals surface area (Å²) in [5.41, 5.74) is 7.67. The normalized spacial score (nSPS) is 19.4. The summed E-state index contributed by atoms with van der Waals surface area (Å²) in [5, 5.41) is 0. The van der Waals surface area contributed by atoms with Crippen LogP contribution in [0.25, 0.3) is 0 Å². The van der Waals surface area contributed by atoms with Crippen molar-refractivity contribution in [2.24, 2.45) is 5.73 Å². The average Bonchev–Trinajstić information content (AvgIpc) is 2.29. The summed E-state index contributed by atoms with van der Waals surface area (Å²) in [4.78, 5) is 11.1. The molecule has 2 N–H and O–H groups in total. The predicted molar refractivity (Wildman–Crippen MR) is 57.3 cm³/mol. The molecule has 1 aromatic rings. The highest BCUT2D eigenvalue weighted by Crippen LogP contribution is 2.32. The van der Waals surface area contributed by atoms with Crippen LogP contribution >= 0.6 is 0 Å². The van der Waals surface area contributed by atoms with Crippen LogP contribution in [0.5, 0.6) is 0 Å². The molecule has 1 aliphatic carbocycles. The van der Waals surface area contributed by atoms with Gasteiger partial charge in [-0.15, -0.1) is 0 Å². The molecule has 3 nitrogen and oxygen atoms in total. The average molecular weight is 205 g/mol. The standard InChI is InChI=1S/C12H15NO2/c13-8-12(14)15-11-7-3-5-9-4-1-2-6-10(9)11/h1-2,4,6,11H,3,5,7-8,13H2. The van der Waals surface area contributed by atoms with Crippen LogP contribution in [0.3, 0.4) is 0 Å². The molecule has 0 spiro atoms. The zero-order valence-corrected chi connectivity index (χ0v) is 8.61. The SMILES string of the molecule is NCC(=O)OC1CCCc2ccccc21. The third-order valence-corrected chi connectivity index (χ3v) is 2.75. The van der Waals surface area contributed by atoms with Gasteiger partial charge in [-0.2, -0.15) is 0 Å². The number of esters is 1. The molecule has 1 aliphatic rings. The van der Waals surface area contributed by atoms with Crippen molar-refractivity contribution in [1.82, 2.24) is 0 Å². The van der Waals surface area contributed by atoms with E-state index < -0.39 is 0 Å². The molecule has 0 heterocycles. The molecule has 0 amide bonds. The molecule has 1 unspecified atom stereocenters. The lowest BCUT2D eigenvalue weighted by Crippen LogP contribution is -2.22. The minimum absolute atomic E-state index is 0.0430. The van der Waals surface area contributed by atoms with E-state index in [-0.39, 0.29) is 18.6 Å². The van der Waals surface area contributed by atoms with E-state index >= 15 is 0 Å². The van der Waals surface area contributed by atoms with Crippen LogP contribution in [0.1, 0.15) is 30.1 Å². The van der Waals surface area contributed by atoms with Crippen LogP contribution in [-0.2, 0) is 16.0 Å². The molecule has 0 aromatic heterocycles. The molecule has 1 atom stereocenters. The lowest BCUT2D eigenvalue weighted by molar-refractivity contribution is -0.148. The maximum absolute atomic E-state index is 11.1. The second-order valence-corrected chi connectivity index (χ2v) is 3.77. The van der Waals surface area contributed by atoms with Gasteiger partial charge in [0, 0.05) is 0 Å². The van der Waals surface area contributed by atoms with Crippen molar-refractivity contribution < 1.29 is 9.53 Å². The Balaban J connectivity index is 2.18. The van der Waals surface area contributed by atoms with Gasteiger partial charge in [0.1, 0.15) is 6.10 Å². The number of hydrogen-bond acceptors (Lipinski definition) is 3. The van der Waals surface area contributed by atoms with Crippen LogP contribution in [0.2, 0.25) is 0 Å². The minimum atomic E-state index is -0.322. The Morgan fingerprint density at radius 1 is 1.47 bits per heavy atom. The largest absolute Gasteiger partial charge is 0.457 e. The van der Waals surface area contributed by atoms with E-state index in [0.717, 1.165) is 24.8 Å². The Morgan fingerprint density at radius 3 is 3.07 bits per heavy atom. The van der Waals surface area contributed by atoms with Crippen LogP contribution < -0.4 is 5.73 Å². The maximum Gasteiger partial charge on any atom is 0.320 e. The topological polar surface area (TPSA) is 52.3 Å². The fourth-order valence-electron chi connectivity index (χ4n) is 2.04. The molecule has 0 aliphatic heterocycles. The number of nitrogens with two attached hydrogens (primary N) is 1. The lowest BCUT2D eigenvalue weighted by Gasteiger charge is -2.25. The Hall–Kier alpha value is -1.35. The molecule has 15 heavy (non-hydrogen) atoms. The first-order chi connectivity index (χ1) is 7.31. The zero-order valence-electron chi connectivity index (χ0n) is 8.61. The smallest absolute Gasteiger partial charge is 0.320 e. The highest BCUT2D eigenvalue weighted by molar-refractivity contribution is 5.71. The van der Waals surface area contributed by atoms with Crippen molar-refractivity contribution in [3.05, 3.63) is 35.4 Å². The lowest BCUT2D eigenvalue weighted by atomic mass is 9.89. The van der Waals surface area contributed by atoms with Gasteiger partial charge in [-0.3, -0.25) is 4.79 Å². The third-order valence-electron chi connectivity index (χ3n) is 2.75.